The van der Waals surface area contributed by atoms with Crippen LogP contribution in [0.3, 0.4) is 0 Å². The molecule has 1 aliphatic rings. The Bertz CT molecular complexity index is 402. The average Bonchev–Trinajstić information content (AvgIpc) is 2.59. The van der Waals surface area contributed by atoms with Gasteiger partial charge in [0.1, 0.15) is 0 Å². The average molecular weight is 225 g/mol. The molecule has 0 bridgehead atoms. The van der Waals surface area contributed by atoms with Gasteiger partial charge in [-0.2, -0.15) is 5.10 Å². The Morgan fingerprint density at radius 1 is 1.69 bits per heavy atom. The number of hydrogen-bond acceptors (Lipinski definition) is 4. The van der Waals surface area contributed by atoms with Crippen LogP contribution in [0.2, 0.25) is 0 Å². The molecule has 2 rings (SSSR count). The zero-order chi connectivity index (χ0) is 11.7. The minimum absolute atomic E-state index is 0.0425. The molecule has 16 heavy (non-hydrogen) atoms. The maximum absolute atomic E-state index is 10.7. The normalized spacial score (nSPS) is 20.8. The lowest BCUT2D eigenvalue weighted by Gasteiger charge is -2.32. The standard InChI is InChI=1S/C10H15N3O3/c1-7-3-13-9(2-8(6-14)11-13)4-12(7)5-10(15)16/h2,7,14H,3-6H2,1H3,(H,15,16). The van der Waals surface area contributed by atoms with E-state index in [9.17, 15) is 4.79 Å². The predicted molar refractivity (Wildman–Crippen MR) is 55.7 cm³/mol. The Morgan fingerprint density at radius 3 is 3.06 bits per heavy atom. The summed E-state index contributed by atoms with van der Waals surface area (Å²) in [6.07, 6.45) is 0. The summed E-state index contributed by atoms with van der Waals surface area (Å²) in [4.78, 5) is 12.6. The van der Waals surface area contributed by atoms with Gasteiger partial charge in [-0.25, -0.2) is 0 Å². The molecular weight excluding hydrogens is 210 g/mol. The van der Waals surface area contributed by atoms with Crippen LogP contribution in [0.1, 0.15) is 18.3 Å². The molecule has 0 fully saturated rings. The molecule has 0 spiro atoms. The number of nitrogens with zero attached hydrogens (tertiary/aromatic N) is 3. The fraction of sp³-hybridized carbons (Fsp3) is 0.600. The SMILES string of the molecule is CC1Cn2nc(CO)cc2CN1CC(=O)O. The highest BCUT2D eigenvalue weighted by Crippen LogP contribution is 2.17. The fourth-order valence-corrected chi connectivity index (χ4v) is 1.99. The molecule has 6 heteroatoms. The van der Waals surface area contributed by atoms with Crippen LogP contribution in [0.25, 0.3) is 0 Å². The van der Waals surface area contributed by atoms with Gasteiger partial charge in [-0.1, -0.05) is 0 Å². The zero-order valence-electron chi connectivity index (χ0n) is 9.13. The molecule has 6 nitrogen and oxygen atoms in total. The summed E-state index contributed by atoms with van der Waals surface area (Å²) >= 11 is 0. The lowest BCUT2D eigenvalue weighted by Crippen LogP contribution is -2.43. The third-order valence-corrected chi connectivity index (χ3v) is 2.84. The molecular formula is C10H15N3O3. The number of fused-ring (bicyclic) bond motifs is 1. The fourth-order valence-electron chi connectivity index (χ4n) is 1.99. The molecule has 88 valence electrons. The minimum Gasteiger partial charge on any atom is -0.480 e. The molecule has 0 saturated carbocycles. The first kappa shape index (κ1) is 11.1. The Hall–Kier alpha value is -1.40. The van der Waals surface area contributed by atoms with Gasteiger partial charge in [0, 0.05) is 12.6 Å². The van der Waals surface area contributed by atoms with Gasteiger partial charge in [0.25, 0.3) is 0 Å². The van der Waals surface area contributed by atoms with E-state index in [1.54, 1.807) is 0 Å². The van der Waals surface area contributed by atoms with Crippen molar-refractivity contribution in [2.45, 2.75) is 32.7 Å². The van der Waals surface area contributed by atoms with Crippen LogP contribution in [0.5, 0.6) is 0 Å². The van der Waals surface area contributed by atoms with Crippen LogP contribution in [0.4, 0.5) is 0 Å². The van der Waals surface area contributed by atoms with Gasteiger partial charge in [-0.05, 0) is 13.0 Å². The quantitative estimate of drug-likeness (QED) is 0.736. The van der Waals surface area contributed by atoms with Crippen molar-refractivity contribution in [3.05, 3.63) is 17.5 Å². The smallest absolute Gasteiger partial charge is 0.317 e. The maximum Gasteiger partial charge on any atom is 0.317 e. The minimum atomic E-state index is -0.817. The predicted octanol–water partition coefficient (Wildman–Crippen LogP) is -0.336. The van der Waals surface area contributed by atoms with Crippen molar-refractivity contribution in [1.82, 2.24) is 14.7 Å². The number of hydrogen-bond donors (Lipinski definition) is 2. The maximum atomic E-state index is 10.7. The third kappa shape index (κ3) is 2.07. The Kier molecular flexibility index (Phi) is 2.93. The number of aliphatic hydroxyl groups excluding tert-OH is 1. The second-order valence-corrected chi connectivity index (χ2v) is 4.11. The van der Waals surface area contributed by atoms with Crippen molar-refractivity contribution in [2.24, 2.45) is 0 Å². The Morgan fingerprint density at radius 2 is 2.44 bits per heavy atom. The van der Waals surface area contributed by atoms with E-state index in [-0.39, 0.29) is 19.2 Å². The van der Waals surface area contributed by atoms with E-state index >= 15 is 0 Å². The lowest BCUT2D eigenvalue weighted by molar-refractivity contribution is -0.139. The second-order valence-electron chi connectivity index (χ2n) is 4.11. The van der Waals surface area contributed by atoms with Crippen LogP contribution in [0, 0.1) is 0 Å². The second kappa shape index (κ2) is 4.23. The van der Waals surface area contributed by atoms with Crippen LogP contribution in [0.15, 0.2) is 6.07 Å². The monoisotopic (exact) mass is 225 g/mol. The highest BCUT2D eigenvalue weighted by molar-refractivity contribution is 5.69. The van der Waals surface area contributed by atoms with E-state index in [1.165, 1.54) is 0 Å². The number of aromatic nitrogens is 2. The summed E-state index contributed by atoms with van der Waals surface area (Å²) in [7, 11) is 0. The summed E-state index contributed by atoms with van der Waals surface area (Å²) in [5.41, 5.74) is 1.60. The van der Waals surface area contributed by atoms with Crippen molar-refractivity contribution in [3.63, 3.8) is 0 Å². The molecule has 2 N–H and O–H groups in total. The van der Waals surface area contributed by atoms with Gasteiger partial charge in [-0.3, -0.25) is 14.4 Å². The van der Waals surface area contributed by atoms with Crippen LogP contribution in [-0.4, -0.2) is 43.4 Å². The van der Waals surface area contributed by atoms with Gasteiger partial charge in [-0.15, -0.1) is 0 Å². The van der Waals surface area contributed by atoms with Gasteiger partial charge >= 0.3 is 5.97 Å². The molecule has 0 radical (unpaired) electrons. The van der Waals surface area contributed by atoms with Crippen molar-refractivity contribution in [2.75, 3.05) is 6.54 Å². The molecule has 2 heterocycles. The molecule has 0 saturated heterocycles. The number of carboxylic acids is 1. The molecule has 1 unspecified atom stereocenters. The first-order chi connectivity index (χ1) is 7.60. The third-order valence-electron chi connectivity index (χ3n) is 2.84. The van der Waals surface area contributed by atoms with Crippen LogP contribution < -0.4 is 0 Å². The van der Waals surface area contributed by atoms with Crippen molar-refractivity contribution >= 4 is 5.97 Å². The van der Waals surface area contributed by atoms with Crippen molar-refractivity contribution in [1.29, 1.82) is 0 Å². The van der Waals surface area contributed by atoms with Crippen molar-refractivity contribution in [3.8, 4) is 0 Å². The number of carbonyl (C=O) groups is 1. The van der Waals surface area contributed by atoms with Crippen LogP contribution in [-0.2, 0) is 24.5 Å². The molecule has 0 amide bonds. The summed E-state index contributed by atoms with van der Waals surface area (Å²) < 4.78 is 1.84. The van der Waals surface area contributed by atoms with E-state index in [0.29, 0.717) is 18.8 Å². The summed E-state index contributed by atoms with van der Waals surface area (Å²) in [5.74, 6) is -0.817. The topological polar surface area (TPSA) is 78.6 Å². The first-order valence-electron chi connectivity index (χ1n) is 5.22. The molecule has 1 aromatic heterocycles. The van der Waals surface area contributed by atoms with Crippen LogP contribution >= 0.6 is 0 Å². The van der Waals surface area contributed by atoms with E-state index in [1.807, 2.05) is 22.6 Å². The lowest BCUT2D eigenvalue weighted by atomic mass is 10.2. The van der Waals surface area contributed by atoms with Gasteiger partial charge in [0.05, 0.1) is 31.1 Å². The summed E-state index contributed by atoms with van der Waals surface area (Å²) in [6, 6.07) is 1.97. The van der Waals surface area contributed by atoms with E-state index in [0.717, 1.165) is 5.69 Å². The zero-order valence-corrected chi connectivity index (χ0v) is 9.13. The largest absolute Gasteiger partial charge is 0.480 e. The van der Waals surface area contributed by atoms with Gasteiger partial charge < -0.3 is 10.2 Å². The molecule has 0 aliphatic carbocycles. The highest BCUT2D eigenvalue weighted by Gasteiger charge is 2.25. The Balaban J connectivity index is 2.17. The highest BCUT2D eigenvalue weighted by atomic mass is 16.4. The number of carboxylic acid groups (broad SMARTS) is 1. The van der Waals surface area contributed by atoms with Gasteiger partial charge in [0.15, 0.2) is 0 Å². The van der Waals surface area contributed by atoms with E-state index < -0.39 is 5.97 Å². The molecule has 1 aliphatic heterocycles. The Labute approximate surface area is 93.1 Å². The molecule has 1 atom stereocenters. The van der Waals surface area contributed by atoms with E-state index in [4.69, 9.17) is 10.2 Å². The summed E-state index contributed by atoms with van der Waals surface area (Å²) in [5, 5.41) is 22.0. The number of aliphatic carboxylic acids is 1. The molecule has 1 aromatic rings. The molecule has 0 aromatic carbocycles. The summed E-state index contributed by atoms with van der Waals surface area (Å²) in [6.45, 7) is 3.18. The van der Waals surface area contributed by atoms with Gasteiger partial charge in [0.2, 0.25) is 0 Å². The van der Waals surface area contributed by atoms with E-state index in [2.05, 4.69) is 5.10 Å². The first-order valence-corrected chi connectivity index (χ1v) is 5.22. The number of rotatable bonds is 3. The number of aliphatic hydroxyl groups is 1. The van der Waals surface area contributed by atoms with Crippen molar-refractivity contribution < 1.29 is 15.0 Å².